The molecular weight excluding hydrogens is 412 g/mol. The van der Waals surface area contributed by atoms with E-state index in [1.54, 1.807) is 7.11 Å². The number of aromatic nitrogens is 2. The first-order valence-electron chi connectivity index (χ1n) is 10.7. The van der Waals surface area contributed by atoms with Crippen LogP contribution in [0.3, 0.4) is 0 Å². The summed E-state index contributed by atoms with van der Waals surface area (Å²) in [6.45, 7) is 5.39. The Morgan fingerprint density at radius 1 is 1.45 bits per heavy atom. The van der Waals surface area contributed by atoms with E-state index in [1.165, 1.54) is 11.3 Å². The molecule has 0 unspecified atom stereocenters. The van der Waals surface area contributed by atoms with Crippen LogP contribution in [0.5, 0.6) is 5.75 Å². The first kappa shape index (κ1) is 21.4. The van der Waals surface area contributed by atoms with Gasteiger partial charge < -0.3 is 15.0 Å². The van der Waals surface area contributed by atoms with E-state index in [0.717, 1.165) is 42.7 Å². The normalized spacial score (nSPS) is 17.5. The highest BCUT2D eigenvalue weighted by Crippen LogP contribution is 2.33. The van der Waals surface area contributed by atoms with Crippen molar-refractivity contribution in [2.45, 2.75) is 39.2 Å². The van der Waals surface area contributed by atoms with E-state index in [-0.39, 0.29) is 23.4 Å². The van der Waals surface area contributed by atoms with E-state index in [4.69, 9.17) is 9.72 Å². The summed E-state index contributed by atoms with van der Waals surface area (Å²) in [5, 5.41) is 5.04. The lowest BCUT2D eigenvalue weighted by molar-refractivity contribution is -0.125. The number of carbonyl (C=O) groups excluding carboxylic acids is 1. The van der Waals surface area contributed by atoms with Gasteiger partial charge in [-0.2, -0.15) is 0 Å². The molecule has 1 saturated heterocycles. The molecule has 1 aliphatic heterocycles. The minimum atomic E-state index is -0.148. The zero-order valence-corrected chi connectivity index (χ0v) is 18.9. The van der Waals surface area contributed by atoms with Crippen LogP contribution in [0.2, 0.25) is 0 Å². The lowest BCUT2D eigenvalue weighted by Crippen LogP contribution is -2.46. The standard InChI is InChI=1S/C23H28N4O3S/c1-4-14(2)24-21(28)16-8-6-10-27(12-16)23-25-19-18(13-31-20(19)22(29)26-23)15-7-5-9-17(11-15)30-3/h5,7,9,11,13-14,16H,4,6,8,10,12H2,1-3H3,(H,24,28)(H,25,26,29)/t14-,16+/m1/s1. The van der Waals surface area contributed by atoms with E-state index in [1.807, 2.05) is 41.5 Å². The molecule has 1 aromatic carbocycles. The number of hydrogen-bond acceptors (Lipinski definition) is 6. The Labute approximate surface area is 185 Å². The average molecular weight is 441 g/mol. The number of anilines is 1. The third kappa shape index (κ3) is 4.44. The van der Waals surface area contributed by atoms with Crippen LogP contribution in [-0.2, 0) is 4.79 Å². The lowest BCUT2D eigenvalue weighted by atomic mass is 9.97. The molecule has 1 amide bonds. The highest BCUT2D eigenvalue weighted by atomic mass is 32.1. The number of nitrogens with one attached hydrogen (secondary N) is 2. The van der Waals surface area contributed by atoms with Crippen molar-refractivity contribution in [1.82, 2.24) is 15.3 Å². The summed E-state index contributed by atoms with van der Waals surface area (Å²) in [7, 11) is 1.64. The van der Waals surface area contributed by atoms with Crippen molar-refractivity contribution in [3.63, 3.8) is 0 Å². The SMILES string of the molecule is CC[C@@H](C)NC(=O)[C@H]1CCCN(c2nc3c(-c4cccc(OC)c4)csc3c(=O)[nH]2)C1. The third-order valence-electron chi connectivity index (χ3n) is 5.89. The monoisotopic (exact) mass is 440 g/mol. The molecule has 7 nitrogen and oxygen atoms in total. The minimum absolute atomic E-state index is 0.0788. The smallest absolute Gasteiger partial charge is 0.270 e. The van der Waals surface area contributed by atoms with Crippen LogP contribution in [0.1, 0.15) is 33.1 Å². The maximum Gasteiger partial charge on any atom is 0.270 e. The predicted molar refractivity (Wildman–Crippen MR) is 125 cm³/mol. The quantitative estimate of drug-likeness (QED) is 0.609. The molecule has 1 fully saturated rings. The predicted octanol–water partition coefficient (Wildman–Crippen LogP) is 3.79. The molecule has 0 spiro atoms. The maximum absolute atomic E-state index is 12.8. The van der Waals surface area contributed by atoms with Crippen molar-refractivity contribution in [1.29, 1.82) is 0 Å². The summed E-state index contributed by atoms with van der Waals surface area (Å²) in [4.78, 5) is 35.2. The van der Waals surface area contributed by atoms with Gasteiger partial charge in [0.15, 0.2) is 0 Å². The number of nitrogens with zero attached hydrogens (tertiary/aromatic N) is 2. The van der Waals surface area contributed by atoms with Gasteiger partial charge in [0.25, 0.3) is 5.56 Å². The fraction of sp³-hybridized carbons (Fsp3) is 0.435. The number of methoxy groups -OCH3 is 1. The van der Waals surface area contributed by atoms with Crippen molar-refractivity contribution < 1.29 is 9.53 Å². The lowest BCUT2D eigenvalue weighted by Gasteiger charge is -2.32. The van der Waals surface area contributed by atoms with E-state index in [0.29, 0.717) is 22.7 Å². The van der Waals surface area contributed by atoms with Gasteiger partial charge in [-0.1, -0.05) is 19.1 Å². The second-order valence-electron chi connectivity index (χ2n) is 8.05. The molecule has 8 heteroatoms. The number of rotatable bonds is 6. The highest BCUT2D eigenvalue weighted by molar-refractivity contribution is 7.17. The molecule has 0 aliphatic carbocycles. The van der Waals surface area contributed by atoms with E-state index < -0.39 is 0 Å². The molecule has 4 rings (SSSR count). The molecule has 164 valence electrons. The molecule has 1 aliphatic rings. The van der Waals surface area contributed by atoms with Crippen molar-refractivity contribution >= 4 is 33.4 Å². The van der Waals surface area contributed by atoms with Crippen molar-refractivity contribution in [3.8, 4) is 16.9 Å². The van der Waals surface area contributed by atoms with Crippen molar-refractivity contribution in [3.05, 3.63) is 40.0 Å². The molecule has 2 aromatic heterocycles. The fourth-order valence-corrected chi connectivity index (χ4v) is 4.82. The number of hydrogen-bond donors (Lipinski definition) is 2. The van der Waals surface area contributed by atoms with Crippen LogP contribution < -0.4 is 20.5 Å². The highest BCUT2D eigenvalue weighted by Gasteiger charge is 2.28. The number of carbonyl (C=O) groups is 1. The van der Waals surface area contributed by atoms with E-state index in [9.17, 15) is 9.59 Å². The molecule has 0 radical (unpaired) electrons. The number of H-pyrrole nitrogens is 1. The summed E-state index contributed by atoms with van der Waals surface area (Å²) < 4.78 is 5.95. The summed E-state index contributed by atoms with van der Waals surface area (Å²) in [5.74, 6) is 1.26. The van der Waals surface area contributed by atoms with Gasteiger partial charge in [-0.25, -0.2) is 4.98 Å². The largest absolute Gasteiger partial charge is 0.497 e. The van der Waals surface area contributed by atoms with Crippen LogP contribution >= 0.6 is 11.3 Å². The number of aromatic amines is 1. The number of piperidine rings is 1. The van der Waals surface area contributed by atoms with Gasteiger partial charge >= 0.3 is 0 Å². The van der Waals surface area contributed by atoms with Gasteiger partial charge in [0.2, 0.25) is 11.9 Å². The Balaban J connectivity index is 1.65. The summed E-state index contributed by atoms with van der Waals surface area (Å²) in [6.07, 6.45) is 2.63. The molecule has 3 heterocycles. The maximum atomic E-state index is 12.8. The van der Waals surface area contributed by atoms with Crippen molar-refractivity contribution in [2.75, 3.05) is 25.1 Å². The van der Waals surface area contributed by atoms with Crippen LogP contribution in [-0.4, -0.2) is 42.1 Å². The Bertz CT molecular complexity index is 1140. The summed E-state index contributed by atoms with van der Waals surface area (Å²) in [6, 6.07) is 7.91. The molecule has 0 bridgehead atoms. The number of fused-ring (bicyclic) bond motifs is 1. The minimum Gasteiger partial charge on any atom is -0.497 e. The number of benzene rings is 1. The van der Waals surface area contributed by atoms with Gasteiger partial charge in [0.1, 0.15) is 10.4 Å². The van der Waals surface area contributed by atoms with Gasteiger partial charge in [-0.3, -0.25) is 14.6 Å². The molecule has 31 heavy (non-hydrogen) atoms. The summed E-state index contributed by atoms with van der Waals surface area (Å²) >= 11 is 1.39. The van der Waals surface area contributed by atoms with Crippen LogP contribution in [0.4, 0.5) is 5.95 Å². The van der Waals surface area contributed by atoms with E-state index >= 15 is 0 Å². The van der Waals surface area contributed by atoms with Gasteiger partial charge in [0.05, 0.1) is 18.5 Å². The molecule has 0 saturated carbocycles. The fourth-order valence-electron chi connectivity index (χ4n) is 3.91. The van der Waals surface area contributed by atoms with Crippen molar-refractivity contribution in [2.24, 2.45) is 5.92 Å². The van der Waals surface area contributed by atoms with Gasteiger partial charge in [-0.05, 0) is 43.9 Å². The first-order chi connectivity index (χ1) is 15.0. The van der Waals surface area contributed by atoms with Crippen LogP contribution in [0.15, 0.2) is 34.4 Å². The second-order valence-corrected chi connectivity index (χ2v) is 8.93. The number of thiophene rings is 1. The Morgan fingerprint density at radius 3 is 3.06 bits per heavy atom. The third-order valence-corrected chi connectivity index (χ3v) is 6.86. The molecule has 3 aromatic rings. The van der Waals surface area contributed by atoms with Gasteiger partial charge in [0, 0.05) is 30.1 Å². The zero-order valence-electron chi connectivity index (χ0n) is 18.1. The van der Waals surface area contributed by atoms with Crippen LogP contribution in [0, 0.1) is 5.92 Å². The number of ether oxygens (including phenoxy) is 1. The number of amides is 1. The first-order valence-corrected chi connectivity index (χ1v) is 11.6. The zero-order chi connectivity index (χ0) is 22.0. The summed E-state index contributed by atoms with van der Waals surface area (Å²) in [5.41, 5.74) is 2.40. The van der Waals surface area contributed by atoms with Gasteiger partial charge in [-0.15, -0.1) is 11.3 Å². The average Bonchev–Trinajstić information content (AvgIpc) is 3.23. The Kier molecular flexibility index (Phi) is 6.27. The van der Waals surface area contributed by atoms with Crippen LogP contribution in [0.25, 0.3) is 21.3 Å². The molecular formula is C23H28N4O3S. The van der Waals surface area contributed by atoms with E-state index in [2.05, 4.69) is 17.2 Å². The Morgan fingerprint density at radius 2 is 2.29 bits per heavy atom. The molecule has 2 atom stereocenters. The molecule has 2 N–H and O–H groups in total. The second kappa shape index (κ2) is 9.09. The Hall–Kier alpha value is -2.87. The topological polar surface area (TPSA) is 87.3 Å².